The summed E-state index contributed by atoms with van der Waals surface area (Å²) in [6, 6.07) is 33.4. The van der Waals surface area contributed by atoms with Gasteiger partial charge >= 0.3 is 0 Å². The number of pyridine rings is 1. The number of nitrogens with zero attached hydrogens (tertiary/aromatic N) is 1. The smallest absolute Gasteiger partial charge is 0.140 e. The average Bonchev–Trinajstić information content (AvgIpc) is 3.17. The van der Waals surface area contributed by atoms with Crippen LogP contribution >= 0.6 is 0 Å². The van der Waals surface area contributed by atoms with Gasteiger partial charge in [-0.05, 0) is 46.2 Å². The van der Waals surface area contributed by atoms with Crippen LogP contribution in [0.2, 0.25) is 0 Å². The highest BCUT2D eigenvalue weighted by Gasteiger charge is 2.08. The molecule has 0 atom stereocenters. The zero-order chi connectivity index (χ0) is 19.9. The lowest BCUT2D eigenvalue weighted by Gasteiger charge is -2.08. The van der Waals surface area contributed by atoms with E-state index in [1.807, 2.05) is 36.5 Å². The molecule has 6 aromatic rings. The predicted octanol–water partition coefficient (Wildman–Crippen LogP) is 7.54. The van der Waals surface area contributed by atoms with E-state index in [0.29, 0.717) is 0 Å². The van der Waals surface area contributed by atoms with Crippen molar-refractivity contribution >= 4 is 44.2 Å². The number of aromatic nitrogens is 1. The third-order valence-electron chi connectivity index (χ3n) is 5.48. The number of hydrogen-bond acceptors (Lipinski definition) is 3. The SMILES string of the molecule is c1ccc(-c2ccc3cc(Nc4cc5oc6ccccc6c5cn4)ccc3c2)cc1. The van der Waals surface area contributed by atoms with Gasteiger partial charge in [-0.15, -0.1) is 0 Å². The van der Waals surface area contributed by atoms with Crippen molar-refractivity contribution in [2.24, 2.45) is 0 Å². The van der Waals surface area contributed by atoms with Crippen LogP contribution in [0.5, 0.6) is 0 Å². The van der Waals surface area contributed by atoms with Gasteiger partial charge < -0.3 is 9.73 Å². The summed E-state index contributed by atoms with van der Waals surface area (Å²) >= 11 is 0. The second kappa shape index (κ2) is 6.75. The Hall–Kier alpha value is -4.11. The summed E-state index contributed by atoms with van der Waals surface area (Å²) < 4.78 is 5.98. The van der Waals surface area contributed by atoms with Crippen LogP contribution in [-0.2, 0) is 0 Å². The van der Waals surface area contributed by atoms with Crippen LogP contribution in [0.25, 0.3) is 43.8 Å². The molecule has 0 aliphatic rings. The molecule has 0 amide bonds. The zero-order valence-corrected chi connectivity index (χ0v) is 16.2. The van der Waals surface area contributed by atoms with Gasteiger partial charge in [0.2, 0.25) is 0 Å². The molecule has 1 N–H and O–H groups in total. The van der Waals surface area contributed by atoms with E-state index in [4.69, 9.17) is 4.42 Å². The van der Waals surface area contributed by atoms with Crippen molar-refractivity contribution < 1.29 is 4.42 Å². The largest absolute Gasteiger partial charge is 0.456 e. The highest BCUT2D eigenvalue weighted by Crippen LogP contribution is 2.31. The van der Waals surface area contributed by atoms with E-state index in [0.717, 1.165) is 33.4 Å². The Morgan fingerprint density at radius 1 is 0.600 bits per heavy atom. The van der Waals surface area contributed by atoms with E-state index in [-0.39, 0.29) is 0 Å². The van der Waals surface area contributed by atoms with E-state index in [1.54, 1.807) is 0 Å². The first-order chi connectivity index (χ1) is 14.8. The Morgan fingerprint density at radius 2 is 1.40 bits per heavy atom. The fourth-order valence-electron chi connectivity index (χ4n) is 3.97. The second-order valence-corrected chi connectivity index (χ2v) is 7.43. The zero-order valence-electron chi connectivity index (χ0n) is 16.2. The first kappa shape index (κ1) is 16.8. The van der Waals surface area contributed by atoms with E-state index in [1.165, 1.54) is 21.9 Å². The molecule has 0 aliphatic heterocycles. The topological polar surface area (TPSA) is 38.1 Å². The lowest BCUT2D eigenvalue weighted by atomic mass is 10.0. The van der Waals surface area contributed by atoms with Crippen LogP contribution in [0.4, 0.5) is 11.5 Å². The number of fused-ring (bicyclic) bond motifs is 4. The highest BCUT2D eigenvalue weighted by molar-refractivity contribution is 6.05. The maximum absolute atomic E-state index is 5.98. The molecule has 0 bridgehead atoms. The number of rotatable bonds is 3. The van der Waals surface area contributed by atoms with Crippen LogP contribution in [0.1, 0.15) is 0 Å². The Balaban J connectivity index is 1.33. The summed E-state index contributed by atoms with van der Waals surface area (Å²) in [5.74, 6) is 0.766. The van der Waals surface area contributed by atoms with Gasteiger partial charge in [-0.2, -0.15) is 0 Å². The molecule has 2 heterocycles. The molecule has 6 rings (SSSR count). The maximum Gasteiger partial charge on any atom is 0.140 e. The summed E-state index contributed by atoms with van der Waals surface area (Å²) in [5.41, 5.74) is 5.16. The molecule has 4 aromatic carbocycles. The molecule has 0 saturated heterocycles. The fraction of sp³-hybridized carbons (Fsp3) is 0. The van der Waals surface area contributed by atoms with Crippen molar-refractivity contribution in [3.63, 3.8) is 0 Å². The van der Waals surface area contributed by atoms with Crippen LogP contribution in [-0.4, -0.2) is 4.98 Å². The molecule has 0 radical (unpaired) electrons. The van der Waals surface area contributed by atoms with Gasteiger partial charge in [-0.25, -0.2) is 4.98 Å². The Labute approximate surface area is 173 Å². The molecule has 2 aromatic heterocycles. The number of para-hydroxylation sites is 1. The first-order valence-corrected chi connectivity index (χ1v) is 9.97. The number of hydrogen-bond donors (Lipinski definition) is 1. The molecule has 142 valence electrons. The van der Waals surface area contributed by atoms with Crippen molar-refractivity contribution in [1.29, 1.82) is 0 Å². The van der Waals surface area contributed by atoms with E-state index in [2.05, 4.69) is 77.0 Å². The number of furan rings is 1. The summed E-state index contributed by atoms with van der Waals surface area (Å²) in [6.45, 7) is 0. The molecule has 3 nitrogen and oxygen atoms in total. The molecule has 0 fully saturated rings. The number of benzene rings is 4. The molecule has 0 saturated carbocycles. The predicted molar refractivity (Wildman–Crippen MR) is 124 cm³/mol. The van der Waals surface area contributed by atoms with Crippen molar-refractivity contribution in [2.45, 2.75) is 0 Å². The molecule has 0 spiro atoms. The van der Waals surface area contributed by atoms with E-state index >= 15 is 0 Å². The molecule has 3 heteroatoms. The Bertz CT molecular complexity index is 1520. The monoisotopic (exact) mass is 386 g/mol. The van der Waals surface area contributed by atoms with Gasteiger partial charge in [-0.1, -0.05) is 66.7 Å². The minimum atomic E-state index is 0.766. The quantitative estimate of drug-likeness (QED) is 0.341. The van der Waals surface area contributed by atoms with Gasteiger partial charge in [0.15, 0.2) is 0 Å². The van der Waals surface area contributed by atoms with Gasteiger partial charge in [0.25, 0.3) is 0 Å². The normalized spacial score (nSPS) is 11.3. The lowest BCUT2D eigenvalue weighted by Crippen LogP contribution is -1.93. The van der Waals surface area contributed by atoms with Crippen LogP contribution in [0.15, 0.2) is 108 Å². The molecular formula is C27H18N2O. The summed E-state index contributed by atoms with van der Waals surface area (Å²) in [7, 11) is 0. The van der Waals surface area contributed by atoms with Crippen molar-refractivity contribution in [2.75, 3.05) is 5.32 Å². The minimum Gasteiger partial charge on any atom is -0.456 e. The number of nitrogens with one attached hydrogen (secondary N) is 1. The molecule has 0 aliphatic carbocycles. The fourth-order valence-corrected chi connectivity index (χ4v) is 3.97. The Morgan fingerprint density at radius 3 is 2.33 bits per heavy atom. The van der Waals surface area contributed by atoms with Crippen molar-refractivity contribution in [3.05, 3.63) is 103 Å². The standard InChI is InChI=1S/C27H18N2O/c1-2-6-18(7-3-1)19-10-11-21-15-22(13-12-20(21)14-19)29-27-16-26-24(17-28-27)23-8-4-5-9-25(23)30-26/h1-17H,(H,28,29). The minimum absolute atomic E-state index is 0.766. The van der Waals surface area contributed by atoms with Gasteiger partial charge in [0, 0.05) is 28.7 Å². The molecule has 0 unspecified atom stereocenters. The third kappa shape index (κ3) is 2.88. The first-order valence-electron chi connectivity index (χ1n) is 9.97. The number of anilines is 2. The van der Waals surface area contributed by atoms with Crippen LogP contribution in [0.3, 0.4) is 0 Å². The third-order valence-corrected chi connectivity index (χ3v) is 5.48. The van der Waals surface area contributed by atoms with Crippen LogP contribution in [0, 0.1) is 0 Å². The average molecular weight is 386 g/mol. The summed E-state index contributed by atoms with van der Waals surface area (Å²) in [6.07, 6.45) is 1.87. The van der Waals surface area contributed by atoms with Gasteiger partial charge in [0.05, 0.1) is 0 Å². The summed E-state index contributed by atoms with van der Waals surface area (Å²) in [4.78, 5) is 4.59. The molecule has 30 heavy (non-hydrogen) atoms. The van der Waals surface area contributed by atoms with E-state index < -0.39 is 0 Å². The maximum atomic E-state index is 5.98. The summed E-state index contributed by atoms with van der Waals surface area (Å²) in [5, 5.41) is 7.92. The van der Waals surface area contributed by atoms with Crippen molar-refractivity contribution in [1.82, 2.24) is 4.98 Å². The van der Waals surface area contributed by atoms with Gasteiger partial charge in [-0.3, -0.25) is 0 Å². The van der Waals surface area contributed by atoms with Crippen molar-refractivity contribution in [3.8, 4) is 11.1 Å². The molecular weight excluding hydrogens is 368 g/mol. The van der Waals surface area contributed by atoms with Crippen LogP contribution < -0.4 is 5.32 Å². The Kier molecular flexibility index (Phi) is 3.78. The highest BCUT2D eigenvalue weighted by atomic mass is 16.3. The second-order valence-electron chi connectivity index (χ2n) is 7.43. The van der Waals surface area contributed by atoms with Gasteiger partial charge in [0.1, 0.15) is 17.0 Å². The van der Waals surface area contributed by atoms with E-state index in [9.17, 15) is 0 Å². The lowest BCUT2D eigenvalue weighted by molar-refractivity contribution is 0.668.